The average molecular weight is 306 g/mol. The second-order valence-corrected chi connectivity index (χ2v) is 8.46. The Hall–Kier alpha value is -1.14. The number of hydrogen-bond donors (Lipinski definition) is 1. The first-order valence-electron chi connectivity index (χ1n) is 8.07. The average Bonchev–Trinajstić information content (AvgIpc) is 2.73. The second-order valence-electron chi connectivity index (χ2n) is 8.46. The summed E-state index contributed by atoms with van der Waals surface area (Å²) in [5, 5.41) is 11.4. The third-order valence-corrected chi connectivity index (χ3v) is 8.91. The molecule has 5 fully saturated rings. The summed E-state index contributed by atoms with van der Waals surface area (Å²) in [5.74, 6) is -1.77. The van der Waals surface area contributed by atoms with Gasteiger partial charge in [0, 0.05) is 18.5 Å². The lowest BCUT2D eigenvalue weighted by Gasteiger charge is -2.70. The fourth-order valence-electron chi connectivity index (χ4n) is 7.33. The van der Waals surface area contributed by atoms with Crippen LogP contribution in [-0.4, -0.2) is 51.4 Å². The maximum atomic E-state index is 13.3. The molecule has 1 saturated carbocycles. The Balaban J connectivity index is 1.98. The zero-order valence-corrected chi connectivity index (χ0v) is 13.7. The highest BCUT2D eigenvalue weighted by Crippen LogP contribution is 2.93. The number of hydrogen-bond acceptors (Lipinski definition) is 4. The molecule has 2 bridgehead atoms. The van der Waals surface area contributed by atoms with Crippen LogP contribution in [0.3, 0.4) is 0 Å². The van der Waals surface area contributed by atoms with Crippen molar-refractivity contribution in [2.75, 3.05) is 13.1 Å². The maximum absolute atomic E-state index is 13.3. The molecule has 4 saturated heterocycles. The van der Waals surface area contributed by atoms with Gasteiger partial charge >= 0.3 is 0 Å². The lowest BCUT2D eigenvalue weighted by molar-refractivity contribution is -0.347. The first kappa shape index (κ1) is 13.3. The van der Waals surface area contributed by atoms with Gasteiger partial charge in [0.1, 0.15) is 0 Å². The van der Waals surface area contributed by atoms with Gasteiger partial charge in [0.05, 0.1) is 16.2 Å². The Morgan fingerprint density at radius 1 is 0.909 bits per heavy atom. The van der Waals surface area contributed by atoms with Gasteiger partial charge < -0.3 is 14.7 Å². The summed E-state index contributed by atoms with van der Waals surface area (Å²) < 4.78 is 6.22. The van der Waals surface area contributed by atoms with Crippen LogP contribution in [0.5, 0.6) is 0 Å². The highest BCUT2D eigenvalue weighted by molar-refractivity contribution is 6.03. The van der Waals surface area contributed by atoms with E-state index in [2.05, 4.69) is 0 Å². The first-order valence-corrected chi connectivity index (χ1v) is 8.07. The molecule has 0 radical (unpaired) electrons. The Kier molecular flexibility index (Phi) is 1.65. The molecule has 6 heteroatoms. The lowest BCUT2D eigenvalue weighted by atomic mass is 9.26. The van der Waals surface area contributed by atoms with Crippen molar-refractivity contribution in [1.82, 2.24) is 9.80 Å². The summed E-state index contributed by atoms with van der Waals surface area (Å²) in [6, 6.07) is 0. The van der Waals surface area contributed by atoms with Crippen molar-refractivity contribution in [2.24, 2.45) is 21.7 Å². The molecule has 4 heterocycles. The zero-order chi connectivity index (χ0) is 16.1. The van der Waals surface area contributed by atoms with Crippen molar-refractivity contribution in [3.63, 3.8) is 0 Å². The van der Waals surface area contributed by atoms with Crippen LogP contribution >= 0.6 is 0 Å². The summed E-state index contributed by atoms with van der Waals surface area (Å²) in [7, 11) is 0. The van der Waals surface area contributed by atoms with E-state index in [1.54, 1.807) is 4.90 Å². The molecule has 0 aromatic carbocycles. The van der Waals surface area contributed by atoms with E-state index in [1.807, 2.05) is 34.6 Å². The van der Waals surface area contributed by atoms with Crippen molar-refractivity contribution < 1.29 is 19.4 Å². The van der Waals surface area contributed by atoms with Crippen LogP contribution in [0.4, 0.5) is 0 Å². The molecule has 0 aromatic heterocycles. The van der Waals surface area contributed by atoms with Crippen LogP contribution in [0.2, 0.25) is 0 Å². The van der Waals surface area contributed by atoms with Gasteiger partial charge in [0.2, 0.25) is 11.8 Å². The van der Waals surface area contributed by atoms with E-state index in [0.717, 1.165) is 0 Å². The minimum absolute atomic E-state index is 0.00312. The van der Waals surface area contributed by atoms with E-state index < -0.39 is 33.3 Å². The number of fused-ring (bicyclic) bond motifs is 1. The van der Waals surface area contributed by atoms with Crippen molar-refractivity contribution in [3.8, 4) is 0 Å². The number of rotatable bonds is 0. The van der Waals surface area contributed by atoms with Crippen molar-refractivity contribution >= 4 is 11.8 Å². The number of carbonyl (C=O) groups is 2. The van der Waals surface area contributed by atoms with E-state index in [1.165, 1.54) is 4.90 Å². The molecule has 6 nitrogen and oxygen atoms in total. The third kappa shape index (κ3) is 0.641. The minimum Gasteiger partial charge on any atom is -0.348 e. The zero-order valence-electron chi connectivity index (χ0n) is 13.7. The number of aliphatic hydroxyl groups is 1. The molecule has 0 spiro atoms. The van der Waals surface area contributed by atoms with E-state index in [0.29, 0.717) is 19.5 Å². The molecule has 1 aliphatic carbocycles. The smallest absolute Gasteiger partial charge is 0.260 e. The molecule has 4 aliphatic heterocycles. The molecule has 0 aromatic rings. The molecule has 120 valence electrons. The van der Waals surface area contributed by atoms with E-state index in [4.69, 9.17) is 4.74 Å². The predicted molar refractivity (Wildman–Crippen MR) is 74.9 cm³/mol. The SMILES string of the molecule is C[C@]12C(=O)N3CCCN4C(=O)[C@@]1(C)[C@]1(C)[C@@]2(C)[C@]3(O)O[C@@]41C. The molecule has 5 rings (SSSR count). The van der Waals surface area contributed by atoms with Gasteiger partial charge in [-0.1, -0.05) is 13.8 Å². The molecule has 0 unspecified atom stereocenters. The summed E-state index contributed by atoms with van der Waals surface area (Å²) in [4.78, 5) is 29.8. The number of nitrogens with zero attached hydrogens (tertiary/aromatic N) is 2. The Bertz CT molecular complexity index is 640. The topological polar surface area (TPSA) is 70.1 Å². The van der Waals surface area contributed by atoms with E-state index in [-0.39, 0.29) is 11.8 Å². The van der Waals surface area contributed by atoms with Gasteiger partial charge in [-0.3, -0.25) is 14.5 Å². The molecule has 5 aliphatic rings. The lowest BCUT2D eigenvalue weighted by Crippen LogP contribution is -2.78. The minimum atomic E-state index is -1.62. The van der Waals surface area contributed by atoms with E-state index in [9.17, 15) is 14.7 Å². The summed E-state index contributed by atoms with van der Waals surface area (Å²) >= 11 is 0. The molecule has 6 atom stereocenters. The normalized spacial score (nSPS) is 64.3. The van der Waals surface area contributed by atoms with Gasteiger partial charge in [-0.15, -0.1) is 0 Å². The van der Waals surface area contributed by atoms with Crippen molar-refractivity contribution in [3.05, 3.63) is 0 Å². The molecular formula is C16H22N2O4. The highest BCUT2D eigenvalue weighted by Gasteiger charge is 3.05. The number of carbonyl (C=O) groups excluding carboxylic acids is 2. The maximum Gasteiger partial charge on any atom is 0.260 e. The summed E-state index contributed by atoms with van der Waals surface area (Å²) in [5.41, 5.74) is -4.06. The van der Waals surface area contributed by atoms with Crippen molar-refractivity contribution in [1.29, 1.82) is 0 Å². The Labute approximate surface area is 129 Å². The molecule has 22 heavy (non-hydrogen) atoms. The number of amides is 2. The van der Waals surface area contributed by atoms with Gasteiger partial charge in [0.15, 0.2) is 5.72 Å². The van der Waals surface area contributed by atoms with Gasteiger partial charge in [-0.2, -0.15) is 0 Å². The van der Waals surface area contributed by atoms with Crippen LogP contribution in [0.25, 0.3) is 0 Å². The predicted octanol–water partition coefficient (Wildman–Crippen LogP) is 0.506. The Morgan fingerprint density at radius 2 is 1.41 bits per heavy atom. The largest absolute Gasteiger partial charge is 0.348 e. The van der Waals surface area contributed by atoms with Gasteiger partial charge in [-0.25, -0.2) is 0 Å². The van der Waals surface area contributed by atoms with Gasteiger partial charge in [-0.05, 0) is 27.2 Å². The van der Waals surface area contributed by atoms with Gasteiger partial charge in [0.25, 0.3) is 5.91 Å². The van der Waals surface area contributed by atoms with Crippen LogP contribution in [0, 0.1) is 21.7 Å². The quantitative estimate of drug-likeness (QED) is 0.708. The van der Waals surface area contributed by atoms with Crippen LogP contribution < -0.4 is 0 Å². The van der Waals surface area contributed by atoms with Crippen molar-refractivity contribution in [2.45, 2.75) is 52.7 Å². The van der Waals surface area contributed by atoms with Crippen LogP contribution in [0.1, 0.15) is 41.0 Å². The first-order chi connectivity index (χ1) is 10.00. The van der Waals surface area contributed by atoms with Crippen LogP contribution in [-0.2, 0) is 14.3 Å². The monoisotopic (exact) mass is 306 g/mol. The molecular weight excluding hydrogens is 284 g/mol. The second kappa shape index (κ2) is 2.73. The standard InChI is InChI=1S/C16H22N2O4/c1-11-9(19)17-7-6-8-18-10(20)12(11,2)14(4)13(11,3)15(17,5)22-16(14,18)21/h21H,6-8H2,1-5H3/t11-,12+,13-,14+,15-,16+/m1/s1. The fourth-order valence-corrected chi connectivity index (χ4v) is 7.33. The highest BCUT2D eigenvalue weighted by atomic mass is 16.7. The summed E-state index contributed by atoms with van der Waals surface area (Å²) in [6.45, 7) is 10.6. The molecule has 2 amide bonds. The third-order valence-electron chi connectivity index (χ3n) is 8.91. The Morgan fingerprint density at radius 3 is 2.05 bits per heavy atom. The number of ether oxygens (including phenoxy) is 1. The fraction of sp³-hybridized carbons (Fsp3) is 0.875. The molecule has 1 N–H and O–H groups in total. The van der Waals surface area contributed by atoms with E-state index >= 15 is 0 Å². The summed E-state index contributed by atoms with van der Waals surface area (Å²) in [6.07, 6.45) is 0.664. The van der Waals surface area contributed by atoms with Crippen LogP contribution in [0.15, 0.2) is 0 Å².